The molecular weight excluding hydrogens is 334 g/mol. The molecule has 0 unspecified atom stereocenters. The molecule has 2 heterocycles. The van der Waals surface area contributed by atoms with E-state index in [4.69, 9.17) is 12.2 Å². The fourth-order valence-electron chi connectivity index (χ4n) is 2.59. The lowest BCUT2D eigenvalue weighted by Gasteiger charge is -2.32. The molecule has 2 aromatic rings. The van der Waals surface area contributed by atoms with Gasteiger partial charge < -0.3 is 0 Å². The van der Waals surface area contributed by atoms with Gasteiger partial charge in [0, 0.05) is 31.9 Å². The fraction of sp³-hybridized carbons (Fsp3) is 0.429. The highest BCUT2D eigenvalue weighted by Gasteiger charge is 2.23. The summed E-state index contributed by atoms with van der Waals surface area (Å²) < 4.78 is 28.8. The Balaban J connectivity index is 1.69. The number of rotatable bonds is 4. The maximum atomic E-state index is 11.5. The summed E-state index contributed by atoms with van der Waals surface area (Å²) in [6, 6.07) is 9.83. The second-order valence-electron chi connectivity index (χ2n) is 5.54. The summed E-state index contributed by atoms with van der Waals surface area (Å²) in [7, 11) is -3.10. The zero-order valence-corrected chi connectivity index (χ0v) is 14.5. The van der Waals surface area contributed by atoms with Gasteiger partial charge in [-0.05, 0) is 24.4 Å². The lowest BCUT2D eigenvalue weighted by molar-refractivity contribution is 0.145. The van der Waals surface area contributed by atoms with Gasteiger partial charge in [0.1, 0.15) is 6.33 Å². The first-order valence-corrected chi connectivity index (χ1v) is 9.58. The third-order valence-corrected chi connectivity index (χ3v) is 5.61. The number of aromatic nitrogens is 3. The molecule has 7 nitrogen and oxygen atoms in total. The van der Waals surface area contributed by atoms with Crippen LogP contribution in [0.15, 0.2) is 36.7 Å². The van der Waals surface area contributed by atoms with Gasteiger partial charge in [-0.1, -0.05) is 18.2 Å². The predicted octanol–water partition coefficient (Wildman–Crippen LogP) is 0.938. The Bertz CT molecular complexity index is 820. The van der Waals surface area contributed by atoms with E-state index in [0.29, 0.717) is 37.6 Å². The van der Waals surface area contributed by atoms with Crippen molar-refractivity contribution in [3.05, 3.63) is 41.4 Å². The fourth-order valence-corrected chi connectivity index (χ4v) is 3.68. The van der Waals surface area contributed by atoms with Gasteiger partial charge in [0.2, 0.25) is 14.8 Å². The summed E-state index contributed by atoms with van der Waals surface area (Å²) in [5.41, 5.74) is 0.977. The monoisotopic (exact) mass is 353 g/mol. The van der Waals surface area contributed by atoms with Gasteiger partial charge in [0.05, 0.1) is 12.9 Å². The van der Waals surface area contributed by atoms with E-state index in [1.54, 1.807) is 11.0 Å². The molecule has 23 heavy (non-hydrogen) atoms. The van der Waals surface area contributed by atoms with E-state index < -0.39 is 10.0 Å². The molecule has 0 atom stereocenters. The smallest absolute Gasteiger partial charge is 0.211 e. The number of sulfonamides is 1. The summed E-state index contributed by atoms with van der Waals surface area (Å²) in [4.78, 5) is 2.15. The van der Waals surface area contributed by atoms with Crippen molar-refractivity contribution in [2.75, 3.05) is 32.4 Å². The van der Waals surface area contributed by atoms with Crippen molar-refractivity contribution < 1.29 is 8.42 Å². The van der Waals surface area contributed by atoms with Crippen LogP contribution in [0.4, 0.5) is 0 Å². The zero-order chi connectivity index (χ0) is 16.4. The summed E-state index contributed by atoms with van der Waals surface area (Å²) in [5, 5.41) is 4.36. The molecule has 0 aliphatic carbocycles. The van der Waals surface area contributed by atoms with Crippen LogP contribution >= 0.6 is 12.2 Å². The molecule has 1 aromatic heterocycles. The molecule has 124 valence electrons. The molecule has 1 aliphatic heterocycles. The predicted molar refractivity (Wildman–Crippen MR) is 90.4 cm³/mol. The summed E-state index contributed by atoms with van der Waals surface area (Å²) >= 11 is 5.49. The van der Waals surface area contributed by atoms with E-state index in [0.717, 1.165) is 5.69 Å². The van der Waals surface area contributed by atoms with Gasteiger partial charge >= 0.3 is 0 Å². The average Bonchev–Trinajstić information content (AvgIpc) is 2.89. The van der Waals surface area contributed by atoms with Crippen LogP contribution in [-0.2, 0) is 16.7 Å². The highest BCUT2D eigenvalue weighted by atomic mass is 32.2. The quantitative estimate of drug-likeness (QED) is 0.766. The van der Waals surface area contributed by atoms with Crippen LogP contribution in [0.1, 0.15) is 0 Å². The molecule has 0 saturated carbocycles. The zero-order valence-electron chi connectivity index (χ0n) is 12.9. The second kappa shape index (κ2) is 6.52. The van der Waals surface area contributed by atoms with E-state index in [-0.39, 0.29) is 0 Å². The lowest BCUT2D eigenvalue weighted by atomic mass is 10.3. The minimum Gasteiger partial charge on any atom is -0.282 e. The van der Waals surface area contributed by atoms with Crippen molar-refractivity contribution in [2.45, 2.75) is 6.67 Å². The maximum Gasteiger partial charge on any atom is 0.211 e. The molecule has 0 amide bonds. The Morgan fingerprint density at radius 1 is 1.13 bits per heavy atom. The van der Waals surface area contributed by atoms with Crippen LogP contribution in [-0.4, -0.2) is 64.4 Å². The largest absolute Gasteiger partial charge is 0.282 e. The van der Waals surface area contributed by atoms with Gasteiger partial charge in [-0.15, -0.1) is 0 Å². The van der Waals surface area contributed by atoms with Crippen LogP contribution in [0.3, 0.4) is 0 Å². The Kier molecular flexibility index (Phi) is 4.62. The SMILES string of the molecule is CS(=O)(=O)N1CCN(Cn2ncn(-c3ccccc3)c2=S)CC1. The number of hydrogen-bond donors (Lipinski definition) is 0. The van der Waals surface area contributed by atoms with Gasteiger partial charge in [-0.2, -0.15) is 9.40 Å². The molecule has 1 saturated heterocycles. The summed E-state index contributed by atoms with van der Waals surface area (Å²) in [5.74, 6) is 0. The number of piperazine rings is 1. The van der Waals surface area contributed by atoms with Crippen LogP contribution in [0.5, 0.6) is 0 Å². The molecule has 0 spiro atoms. The normalized spacial score (nSPS) is 17.4. The van der Waals surface area contributed by atoms with Gasteiger partial charge in [0.25, 0.3) is 0 Å². The Morgan fingerprint density at radius 2 is 1.78 bits per heavy atom. The third kappa shape index (κ3) is 3.69. The van der Waals surface area contributed by atoms with E-state index in [2.05, 4.69) is 10.00 Å². The number of benzene rings is 1. The molecule has 1 aliphatic rings. The molecule has 0 radical (unpaired) electrons. The van der Waals surface area contributed by atoms with Crippen LogP contribution in [0.25, 0.3) is 5.69 Å². The van der Waals surface area contributed by atoms with Gasteiger partial charge in [-0.3, -0.25) is 9.47 Å². The number of nitrogens with zero attached hydrogens (tertiary/aromatic N) is 5. The minimum absolute atomic E-state index is 0.506. The molecular formula is C14H19N5O2S2. The number of hydrogen-bond acceptors (Lipinski definition) is 5. The summed E-state index contributed by atoms with van der Waals surface area (Å²) in [6.07, 6.45) is 2.96. The van der Waals surface area contributed by atoms with Crippen LogP contribution in [0, 0.1) is 4.77 Å². The molecule has 1 fully saturated rings. The van der Waals surface area contributed by atoms with Crippen molar-refractivity contribution in [1.29, 1.82) is 0 Å². The Labute approximate surface area is 140 Å². The van der Waals surface area contributed by atoms with E-state index in [1.165, 1.54) is 10.6 Å². The number of para-hydroxylation sites is 1. The van der Waals surface area contributed by atoms with Gasteiger partial charge in [0.15, 0.2) is 0 Å². The first kappa shape index (κ1) is 16.3. The highest BCUT2D eigenvalue weighted by Crippen LogP contribution is 2.10. The Morgan fingerprint density at radius 3 is 2.39 bits per heavy atom. The molecule has 9 heteroatoms. The van der Waals surface area contributed by atoms with Crippen molar-refractivity contribution in [3.8, 4) is 5.69 Å². The lowest BCUT2D eigenvalue weighted by Crippen LogP contribution is -2.48. The van der Waals surface area contributed by atoms with Crippen molar-refractivity contribution >= 4 is 22.2 Å². The van der Waals surface area contributed by atoms with E-state index in [1.807, 2.05) is 34.9 Å². The Hall–Kier alpha value is -1.55. The standard InChI is InChI=1S/C14H19N5O2S2/c1-23(20,21)17-9-7-16(8-10-17)12-19-14(22)18(11-15-19)13-5-3-2-4-6-13/h2-6,11H,7-10,12H2,1H3. The van der Waals surface area contributed by atoms with Gasteiger partial charge in [-0.25, -0.2) is 13.1 Å². The molecule has 0 N–H and O–H groups in total. The molecule has 1 aromatic carbocycles. The minimum atomic E-state index is -3.10. The van der Waals surface area contributed by atoms with Crippen molar-refractivity contribution in [3.63, 3.8) is 0 Å². The third-order valence-electron chi connectivity index (χ3n) is 3.90. The average molecular weight is 353 g/mol. The highest BCUT2D eigenvalue weighted by molar-refractivity contribution is 7.88. The van der Waals surface area contributed by atoms with Crippen LogP contribution in [0.2, 0.25) is 0 Å². The van der Waals surface area contributed by atoms with E-state index in [9.17, 15) is 8.42 Å². The van der Waals surface area contributed by atoms with Crippen LogP contribution < -0.4 is 0 Å². The maximum absolute atomic E-state index is 11.5. The van der Waals surface area contributed by atoms with E-state index >= 15 is 0 Å². The topological polar surface area (TPSA) is 63.4 Å². The second-order valence-corrected chi connectivity index (χ2v) is 7.89. The summed E-state index contributed by atoms with van der Waals surface area (Å²) in [6.45, 7) is 2.92. The van der Waals surface area contributed by atoms with Crippen molar-refractivity contribution in [2.24, 2.45) is 0 Å². The molecule has 3 rings (SSSR count). The molecule has 0 bridgehead atoms. The van der Waals surface area contributed by atoms with Crippen molar-refractivity contribution in [1.82, 2.24) is 23.6 Å². The first-order chi connectivity index (χ1) is 10.9. The first-order valence-electron chi connectivity index (χ1n) is 7.32.